The molecule has 0 aromatic heterocycles. The van der Waals surface area contributed by atoms with Crippen molar-refractivity contribution in [1.82, 2.24) is 4.90 Å². The fourth-order valence-corrected chi connectivity index (χ4v) is 4.49. The fraction of sp³-hybridized carbons (Fsp3) is 0.148. The molecule has 0 radical (unpaired) electrons. The van der Waals surface area contributed by atoms with Crippen LogP contribution >= 0.6 is 23.4 Å². The van der Waals surface area contributed by atoms with Gasteiger partial charge in [-0.15, -0.1) is 0 Å². The van der Waals surface area contributed by atoms with E-state index in [4.69, 9.17) is 21.1 Å². The van der Waals surface area contributed by atoms with E-state index in [1.807, 2.05) is 31.2 Å². The number of ether oxygens (including phenoxy) is 2. The van der Waals surface area contributed by atoms with E-state index in [0.29, 0.717) is 38.2 Å². The molecule has 1 heterocycles. The van der Waals surface area contributed by atoms with Gasteiger partial charge in [-0.05, 0) is 66.2 Å². The van der Waals surface area contributed by atoms with Gasteiger partial charge in [0.25, 0.3) is 17.1 Å². The van der Waals surface area contributed by atoms with Crippen LogP contribution in [0.1, 0.15) is 16.7 Å². The molecule has 1 aliphatic rings. The first kappa shape index (κ1) is 25.3. The zero-order valence-corrected chi connectivity index (χ0v) is 21.2. The van der Waals surface area contributed by atoms with Crippen molar-refractivity contribution in [1.29, 1.82) is 0 Å². The molecular formula is C27H23ClN2O5S. The van der Waals surface area contributed by atoms with Crippen molar-refractivity contribution in [3.05, 3.63) is 93.3 Å². The summed E-state index contributed by atoms with van der Waals surface area (Å²) in [7, 11) is 1.48. The molecule has 7 nitrogen and oxygen atoms in total. The number of halogens is 1. The minimum absolute atomic E-state index is 0.0996. The maximum Gasteiger partial charge on any atom is 0.293 e. The zero-order chi connectivity index (χ0) is 25.7. The Morgan fingerprint density at radius 3 is 2.53 bits per heavy atom. The van der Waals surface area contributed by atoms with E-state index < -0.39 is 5.91 Å². The summed E-state index contributed by atoms with van der Waals surface area (Å²) in [5.41, 5.74) is 3.11. The average molecular weight is 523 g/mol. The number of nitrogens with zero attached hydrogens (tertiary/aromatic N) is 1. The average Bonchev–Trinajstić information content (AvgIpc) is 3.13. The van der Waals surface area contributed by atoms with Gasteiger partial charge in [0, 0.05) is 10.7 Å². The van der Waals surface area contributed by atoms with Gasteiger partial charge < -0.3 is 14.8 Å². The van der Waals surface area contributed by atoms with Crippen molar-refractivity contribution in [3.63, 3.8) is 0 Å². The number of hydrogen-bond acceptors (Lipinski definition) is 6. The minimum Gasteiger partial charge on any atom is -0.493 e. The quantitative estimate of drug-likeness (QED) is 0.370. The van der Waals surface area contributed by atoms with Crippen LogP contribution < -0.4 is 14.8 Å². The molecular weight excluding hydrogens is 500 g/mol. The Bertz CT molecular complexity index is 1340. The molecule has 0 saturated carbocycles. The number of amides is 3. The third-order valence-corrected chi connectivity index (χ3v) is 6.62. The van der Waals surface area contributed by atoms with Crippen LogP contribution in [0.3, 0.4) is 0 Å². The number of rotatable bonds is 8. The number of hydrogen-bond donors (Lipinski definition) is 1. The Morgan fingerprint density at radius 2 is 1.81 bits per heavy atom. The van der Waals surface area contributed by atoms with E-state index in [1.54, 1.807) is 48.5 Å². The van der Waals surface area contributed by atoms with Gasteiger partial charge in [0.2, 0.25) is 0 Å². The van der Waals surface area contributed by atoms with E-state index in [2.05, 4.69) is 5.32 Å². The van der Waals surface area contributed by atoms with Gasteiger partial charge in [-0.1, -0.05) is 53.6 Å². The molecule has 3 aromatic carbocycles. The molecule has 36 heavy (non-hydrogen) atoms. The summed E-state index contributed by atoms with van der Waals surface area (Å²) in [5, 5.41) is 2.90. The van der Waals surface area contributed by atoms with Gasteiger partial charge >= 0.3 is 0 Å². The standard InChI is InChI=1S/C27H23ClN2O5S/c1-17-7-10-20(11-8-17)29-25(31)16-35-22-12-9-18(13-23(22)34-2)14-24-26(32)30(27(33)36-24)15-19-5-3-4-6-21(19)28/h3-14H,15-16H2,1-2H3,(H,29,31)/b24-14-. The van der Waals surface area contributed by atoms with E-state index in [0.717, 1.165) is 17.3 Å². The second kappa shape index (κ2) is 11.3. The van der Waals surface area contributed by atoms with E-state index in [-0.39, 0.29) is 24.3 Å². The van der Waals surface area contributed by atoms with Crippen molar-refractivity contribution in [2.24, 2.45) is 0 Å². The van der Waals surface area contributed by atoms with Crippen LogP contribution in [0.2, 0.25) is 5.02 Å². The number of benzene rings is 3. The lowest BCUT2D eigenvalue weighted by Crippen LogP contribution is -2.27. The normalized spacial score (nSPS) is 14.3. The Balaban J connectivity index is 1.42. The van der Waals surface area contributed by atoms with Gasteiger partial charge in [-0.25, -0.2) is 0 Å². The van der Waals surface area contributed by atoms with Crippen molar-refractivity contribution in [2.75, 3.05) is 19.0 Å². The summed E-state index contributed by atoms with van der Waals surface area (Å²) in [4.78, 5) is 39.1. The van der Waals surface area contributed by atoms with E-state index in [1.165, 1.54) is 12.0 Å². The predicted octanol–water partition coefficient (Wildman–Crippen LogP) is 5.91. The maximum absolute atomic E-state index is 12.9. The predicted molar refractivity (Wildman–Crippen MR) is 141 cm³/mol. The first-order valence-corrected chi connectivity index (χ1v) is 12.2. The largest absolute Gasteiger partial charge is 0.493 e. The molecule has 0 unspecified atom stereocenters. The van der Waals surface area contributed by atoms with Crippen molar-refractivity contribution in [2.45, 2.75) is 13.5 Å². The molecule has 1 N–H and O–H groups in total. The summed E-state index contributed by atoms with van der Waals surface area (Å²) in [6.07, 6.45) is 1.62. The second-order valence-corrected chi connectivity index (χ2v) is 9.37. The minimum atomic E-state index is -0.392. The van der Waals surface area contributed by atoms with Crippen molar-refractivity contribution in [3.8, 4) is 11.5 Å². The van der Waals surface area contributed by atoms with E-state index >= 15 is 0 Å². The highest BCUT2D eigenvalue weighted by Crippen LogP contribution is 2.36. The van der Waals surface area contributed by atoms with Gasteiger partial charge in [-0.2, -0.15) is 0 Å². The molecule has 1 aliphatic heterocycles. The number of carbonyl (C=O) groups excluding carboxylic acids is 3. The van der Waals surface area contributed by atoms with Gasteiger partial charge in [0.15, 0.2) is 18.1 Å². The third-order valence-electron chi connectivity index (χ3n) is 5.34. The molecule has 0 aliphatic carbocycles. The first-order valence-electron chi connectivity index (χ1n) is 11.0. The molecule has 9 heteroatoms. The lowest BCUT2D eigenvalue weighted by atomic mass is 10.1. The molecule has 184 valence electrons. The van der Waals surface area contributed by atoms with Crippen LogP contribution in [0.25, 0.3) is 6.08 Å². The summed E-state index contributed by atoms with van der Waals surface area (Å²) in [6, 6.07) is 19.6. The lowest BCUT2D eigenvalue weighted by molar-refractivity contribution is -0.123. The SMILES string of the molecule is COc1cc(/C=C2\SC(=O)N(Cc3ccccc3Cl)C2=O)ccc1OCC(=O)Nc1ccc(C)cc1. The van der Waals surface area contributed by atoms with Crippen LogP contribution in [0.5, 0.6) is 11.5 Å². The molecule has 1 saturated heterocycles. The fourth-order valence-electron chi connectivity index (χ4n) is 3.46. The van der Waals surface area contributed by atoms with Crippen molar-refractivity contribution >= 4 is 52.2 Å². The Kier molecular flexibility index (Phi) is 7.97. The smallest absolute Gasteiger partial charge is 0.293 e. The zero-order valence-electron chi connectivity index (χ0n) is 19.6. The molecule has 0 bridgehead atoms. The molecule has 3 aromatic rings. The number of aryl methyl sites for hydroxylation is 1. The topological polar surface area (TPSA) is 84.9 Å². The monoisotopic (exact) mass is 522 g/mol. The Hall–Kier alpha value is -3.75. The lowest BCUT2D eigenvalue weighted by Gasteiger charge is -2.13. The van der Waals surface area contributed by atoms with Crippen LogP contribution in [-0.2, 0) is 16.1 Å². The van der Waals surface area contributed by atoms with Gasteiger partial charge in [0.05, 0.1) is 18.6 Å². The maximum atomic E-state index is 12.9. The number of methoxy groups -OCH3 is 1. The van der Waals surface area contributed by atoms with Crippen LogP contribution in [0.4, 0.5) is 10.5 Å². The first-order chi connectivity index (χ1) is 17.3. The number of nitrogens with one attached hydrogen (secondary N) is 1. The summed E-state index contributed by atoms with van der Waals surface area (Å²) >= 11 is 7.05. The molecule has 0 atom stereocenters. The Labute approximate surface area is 218 Å². The van der Waals surface area contributed by atoms with E-state index in [9.17, 15) is 14.4 Å². The summed E-state index contributed by atoms with van der Waals surface area (Å²) < 4.78 is 11.0. The van der Waals surface area contributed by atoms with Gasteiger partial charge in [0.1, 0.15) is 0 Å². The summed E-state index contributed by atoms with van der Waals surface area (Å²) in [5.74, 6) is 0.0666. The number of anilines is 1. The Morgan fingerprint density at radius 1 is 1.06 bits per heavy atom. The summed E-state index contributed by atoms with van der Waals surface area (Å²) in [6.45, 7) is 1.86. The molecule has 0 spiro atoms. The second-order valence-electron chi connectivity index (χ2n) is 7.97. The third kappa shape index (κ3) is 6.08. The highest BCUT2D eigenvalue weighted by atomic mass is 35.5. The van der Waals surface area contributed by atoms with Crippen molar-refractivity contribution < 1.29 is 23.9 Å². The van der Waals surface area contributed by atoms with Crippen LogP contribution in [-0.4, -0.2) is 35.7 Å². The van der Waals surface area contributed by atoms with Gasteiger partial charge in [-0.3, -0.25) is 19.3 Å². The van der Waals surface area contributed by atoms with Crippen LogP contribution in [0, 0.1) is 6.92 Å². The number of carbonyl (C=O) groups is 3. The molecule has 3 amide bonds. The highest BCUT2D eigenvalue weighted by molar-refractivity contribution is 8.18. The van der Waals surface area contributed by atoms with Crippen LogP contribution in [0.15, 0.2) is 71.6 Å². The molecule has 1 fully saturated rings. The molecule has 4 rings (SSSR count). The number of thioether (sulfide) groups is 1. The highest BCUT2D eigenvalue weighted by Gasteiger charge is 2.35. The number of imide groups is 1.